The second kappa shape index (κ2) is 13.1. The van der Waals surface area contributed by atoms with Crippen molar-refractivity contribution in [2.24, 2.45) is 10.2 Å². The molecule has 0 amide bonds. The van der Waals surface area contributed by atoms with Gasteiger partial charge in [0, 0.05) is 30.3 Å². The molecule has 0 aliphatic carbocycles. The lowest BCUT2D eigenvalue weighted by atomic mass is 10.1. The number of nitro groups is 1. The average Bonchev–Trinajstić information content (AvgIpc) is 2.93. The highest BCUT2D eigenvalue weighted by Crippen LogP contribution is 2.32. The summed E-state index contributed by atoms with van der Waals surface area (Å²) in [7, 11) is 0. The number of azo groups is 1. The first-order valence-corrected chi connectivity index (χ1v) is 12.6. The molecule has 1 aromatic heterocycles. The van der Waals surface area contributed by atoms with Crippen molar-refractivity contribution in [1.29, 1.82) is 0 Å². The summed E-state index contributed by atoms with van der Waals surface area (Å²) in [5.74, 6) is 0.897. The Bertz CT molecular complexity index is 1340. The SMILES string of the molecule is CCCCCCCOc1ccc(CNc2ccc(N=Nc3ccc([N+](=O)[O-])cc3)c3cccnc23)cc1. The number of fused-ring (bicyclic) bond motifs is 1. The van der Waals surface area contributed by atoms with Gasteiger partial charge in [0.25, 0.3) is 5.69 Å². The molecular formula is C29H31N5O3. The van der Waals surface area contributed by atoms with Crippen molar-refractivity contribution in [1.82, 2.24) is 4.98 Å². The minimum absolute atomic E-state index is 0.0176. The van der Waals surface area contributed by atoms with E-state index in [1.807, 2.05) is 36.4 Å². The van der Waals surface area contributed by atoms with E-state index in [4.69, 9.17) is 4.74 Å². The zero-order chi connectivity index (χ0) is 25.9. The Morgan fingerprint density at radius 3 is 2.46 bits per heavy atom. The molecule has 0 unspecified atom stereocenters. The number of hydrogen-bond acceptors (Lipinski definition) is 7. The highest BCUT2D eigenvalue weighted by molar-refractivity contribution is 5.97. The Balaban J connectivity index is 1.38. The molecule has 37 heavy (non-hydrogen) atoms. The molecule has 3 aromatic carbocycles. The number of non-ortho nitro benzene ring substituents is 1. The van der Waals surface area contributed by atoms with Crippen LogP contribution in [0, 0.1) is 10.1 Å². The van der Waals surface area contributed by atoms with E-state index in [1.165, 1.54) is 37.8 Å². The van der Waals surface area contributed by atoms with Gasteiger partial charge in [0.15, 0.2) is 0 Å². The Morgan fingerprint density at radius 1 is 0.919 bits per heavy atom. The summed E-state index contributed by atoms with van der Waals surface area (Å²) in [5, 5.41) is 23.8. The second-order valence-electron chi connectivity index (χ2n) is 8.77. The van der Waals surface area contributed by atoms with E-state index in [1.54, 1.807) is 18.3 Å². The predicted molar refractivity (Wildman–Crippen MR) is 147 cm³/mol. The fourth-order valence-corrected chi connectivity index (χ4v) is 3.94. The largest absolute Gasteiger partial charge is 0.494 e. The van der Waals surface area contributed by atoms with Crippen LogP contribution in [0.1, 0.15) is 44.6 Å². The summed E-state index contributed by atoms with van der Waals surface area (Å²) < 4.78 is 5.87. The van der Waals surface area contributed by atoms with Gasteiger partial charge in [-0.1, -0.05) is 44.7 Å². The molecule has 0 atom stereocenters. The van der Waals surface area contributed by atoms with E-state index in [9.17, 15) is 10.1 Å². The molecule has 0 bridgehead atoms. The van der Waals surface area contributed by atoms with Gasteiger partial charge >= 0.3 is 0 Å². The van der Waals surface area contributed by atoms with Crippen molar-refractivity contribution in [3.63, 3.8) is 0 Å². The van der Waals surface area contributed by atoms with E-state index >= 15 is 0 Å². The molecule has 4 aromatic rings. The smallest absolute Gasteiger partial charge is 0.269 e. The molecule has 0 aliphatic heterocycles. The van der Waals surface area contributed by atoms with Crippen molar-refractivity contribution in [3.05, 3.63) is 94.7 Å². The third-order valence-electron chi connectivity index (χ3n) is 6.00. The number of benzene rings is 3. The van der Waals surface area contributed by atoms with Crippen LogP contribution in [0.3, 0.4) is 0 Å². The maximum atomic E-state index is 10.8. The number of unbranched alkanes of at least 4 members (excludes halogenated alkanes) is 4. The Labute approximate surface area is 216 Å². The van der Waals surface area contributed by atoms with Crippen LogP contribution in [0.25, 0.3) is 10.9 Å². The third-order valence-corrected chi connectivity index (χ3v) is 6.00. The standard InChI is InChI=1S/C29H31N5O3/c1-2-3-4-5-6-20-37-25-15-9-22(10-16-25)21-31-28-18-17-27(26-8-7-19-30-29(26)28)33-32-23-11-13-24(14-12-23)34(35)36/h7-19,31H,2-6,20-21H2,1H3. The molecule has 8 heteroatoms. The van der Waals surface area contributed by atoms with Crippen LogP contribution in [0.2, 0.25) is 0 Å². The van der Waals surface area contributed by atoms with Crippen LogP contribution in [0.5, 0.6) is 5.75 Å². The van der Waals surface area contributed by atoms with Crippen molar-refractivity contribution in [3.8, 4) is 5.75 Å². The number of pyridine rings is 1. The monoisotopic (exact) mass is 497 g/mol. The summed E-state index contributed by atoms with van der Waals surface area (Å²) in [4.78, 5) is 15.0. The molecule has 4 rings (SSSR count). The summed E-state index contributed by atoms with van der Waals surface area (Å²) in [5.41, 5.74) is 4.06. The van der Waals surface area contributed by atoms with E-state index in [-0.39, 0.29) is 5.69 Å². The molecule has 0 aliphatic rings. The zero-order valence-corrected chi connectivity index (χ0v) is 21.0. The predicted octanol–water partition coefficient (Wildman–Crippen LogP) is 8.52. The molecule has 8 nitrogen and oxygen atoms in total. The summed E-state index contributed by atoms with van der Waals surface area (Å²) >= 11 is 0. The first kappa shape index (κ1) is 25.8. The van der Waals surface area contributed by atoms with Gasteiger partial charge in [-0.15, -0.1) is 5.11 Å². The van der Waals surface area contributed by atoms with Crippen molar-refractivity contribution in [2.45, 2.75) is 45.6 Å². The number of aromatic nitrogens is 1. The molecule has 0 spiro atoms. The molecule has 0 saturated heterocycles. The minimum atomic E-state index is -0.440. The van der Waals surface area contributed by atoms with Gasteiger partial charge in [-0.05, 0) is 60.5 Å². The lowest BCUT2D eigenvalue weighted by Gasteiger charge is -2.11. The fraction of sp³-hybridized carbons (Fsp3) is 0.276. The maximum absolute atomic E-state index is 10.8. The lowest BCUT2D eigenvalue weighted by Crippen LogP contribution is -2.01. The van der Waals surface area contributed by atoms with Gasteiger partial charge in [-0.3, -0.25) is 15.1 Å². The molecule has 1 N–H and O–H groups in total. The summed E-state index contributed by atoms with van der Waals surface area (Å²) in [6, 6.07) is 21.8. The zero-order valence-electron chi connectivity index (χ0n) is 21.0. The molecule has 1 heterocycles. The van der Waals surface area contributed by atoms with Crippen LogP contribution in [-0.2, 0) is 6.54 Å². The Hall–Kier alpha value is -4.33. The van der Waals surface area contributed by atoms with Gasteiger partial charge in [-0.2, -0.15) is 5.11 Å². The number of nitrogens with zero attached hydrogens (tertiary/aromatic N) is 4. The maximum Gasteiger partial charge on any atom is 0.269 e. The van der Waals surface area contributed by atoms with Crippen LogP contribution < -0.4 is 10.1 Å². The van der Waals surface area contributed by atoms with Crippen LogP contribution >= 0.6 is 0 Å². The number of hydrogen-bond donors (Lipinski definition) is 1. The van der Waals surface area contributed by atoms with Gasteiger partial charge in [0.05, 0.1) is 34.1 Å². The van der Waals surface area contributed by atoms with E-state index in [2.05, 4.69) is 39.6 Å². The van der Waals surface area contributed by atoms with Gasteiger partial charge in [-0.25, -0.2) is 0 Å². The molecule has 0 saturated carbocycles. The fourth-order valence-electron chi connectivity index (χ4n) is 3.94. The quantitative estimate of drug-likeness (QED) is 0.0863. The first-order valence-electron chi connectivity index (χ1n) is 12.6. The lowest BCUT2D eigenvalue weighted by molar-refractivity contribution is -0.384. The van der Waals surface area contributed by atoms with Crippen LogP contribution in [0.4, 0.5) is 22.7 Å². The van der Waals surface area contributed by atoms with Crippen LogP contribution in [0.15, 0.2) is 89.2 Å². The van der Waals surface area contributed by atoms with Crippen molar-refractivity contribution < 1.29 is 9.66 Å². The molecule has 0 radical (unpaired) electrons. The average molecular weight is 498 g/mol. The normalized spacial score (nSPS) is 11.2. The van der Waals surface area contributed by atoms with Crippen molar-refractivity contribution >= 4 is 33.7 Å². The van der Waals surface area contributed by atoms with Gasteiger partial charge < -0.3 is 10.1 Å². The minimum Gasteiger partial charge on any atom is -0.494 e. The van der Waals surface area contributed by atoms with Crippen molar-refractivity contribution in [2.75, 3.05) is 11.9 Å². The van der Waals surface area contributed by atoms with E-state index in [0.29, 0.717) is 17.9 Å². The number of ether oxygens (including phenoxy) is 1. The summed E-state index contributed by atoms with van der Waals surface area (Å²) in [6.07, 6.45) is 7.88. The molecular weight excluding hydrogens is 466 g/mol. The highest BCUT2D eigenvalue weighted by Gasteiger charge is 2.08. The molecule has 0 fully saturated rings. The Morgan fingerprint density at radius 2 is 1.70 bits per heavy atom. The van der Waals surface area contributed by atoms with Crippen LogP contribution in [-0.4, -0.2) is 16.5 Å². The van der Waals surface area contributed by atoms with E-state index < -0.39 is 4.92 Å². The summed E-state index contributed by atoms with van der Waals surface area (Å²) in [6.45, 7) is 3.62. The van der Waals surface area contributed by atoms with Gasteiger partial charge in [0.1, 0.15) is 5.75 Å². The van der Waals surface area contributed by atoms with E-state index in [0.717, 1.165) is 40.9 Å². The number of nitro benzene ring substituents is 1. The molecule has 190 valence electrons. The van der Waals surface area contributed by atoms with Gasteiger partial charge in [0.2, 0.25) is 0 Å². The second-order valence-corrected chi connectivity index (χ2v) is 8.77. The highest BCUT2D eigenvalue weighted by atomic mass is 16.6. The first-order chi connectivity index (χ1) is 18.1. The number of anilines is 1. The topological polar surface area (TPSA) is 102 Å². The number of rotatable bonds is 13. The Kier molecular flexibility index (Phi) is 9.12. The number of nitrogens with one attached hydrogen (secondary N) is 1. The third kappa shape index (κ3) is 7.33.